The molecule has 2 aliphatic heterocycles. The van der Waals surface area contributed by atoms with Crippen LogP contribution in [0.25, 0.3) is 22.2 Å². The van der Waals surface area contributed by atoms with Crippen molar-refractivity contribution < 1.29 is 22.5 Å². The number of hydrogen-bond acceptors (Lipinski definition) is 7. The van der Waals surface area contributed by atoms with Crippen molar-refractivity contribution in [3.63, 3.8) is 0 Å². The van der Waals surface area contributed by atoms with Crippen molar-refractivity contribution in [3.05, 3.63) is 58.7 Å². The zero-order valence-electron chi connectivity index (χ0n) is 23.4. The van der Waals surface area contributed by atoms with Crippen molar-refractivity contribution in [2.75, 3.05) is 31.4 Å². The first kappa shape index (κ1) is 27.7. The van der Waals surface area contributed by atoms with Crippen LogP contribution in [0.15, 0.2) is 40.9 Å². The van der Waals surface area contributed by atoms with Crippen LogP contribution < -0.4 is 9.64 Å². The highest BCUT2D eigenvalue weighted by Gasteiger charge is 2.39. The molecule has 4 heterocycles. The van der Waals surface area contributed by atoms with E-state index in [0.29, 0.717) is 55.2 Å². The first-order chi connectivity index (χ1) is 19.6. The van der Waals surface area contributed by atoms with Gasteiger partial charge in [0, 0.05) is 36.8 Å². The Balaban J connectivity index is 1.47. The number of carbonyl (C=O) groups is 1. The van der Waals surface area contributed by atoms with Crippen molar-refractivity contribution in [1.29, 1.82) is 0 Å². The Labute approximate surface area is 243 Å². The molecule has 41 heavy (non-hydrogen) atoms. The number of aryl methyl sites for hydroxylation is 2. The quantitative estimate of drug-likeness (QED) is 0.291. The van der Waals surface area contributed by atoms with E-state index in [4.69, 9.17) is 25.8 Å². The zero-order valence-corrected chi connectivity index (χ0v) is 25.0. The van der Waals surface area contributed by atoms with E-state index in [1.165, 1.54) is 10.6 Å². The molecule has 2 saturated heterocycles. The minimum Gasteiger partial charge on any atom is -0.495 e. The number of aromatic nitrogens is 3. The Morgan fingerprint density at radius 3 is 2.46 bits per heavy atom. The number of fused-ring (bicyclic) bond motifs is 1. The third-order valence-corrected chi connectivity index (χ3v) is 9.82. The van der Waals surface area contributed by atoms with Gasteiger partial charge in [-0.05, 0) is 69.0 Å². The molecular weight excluding hydrogens is 566 g/mol. The summed E-state index contributed by atoms with van der Waals surface area (Å²) in [5.41, 5.74) is 5.13. The van der Waals surface area contributed by atoms with Crippen molar-refractivity contribution in [1.82, 2.24) is 19.0 Å². The molecule has 6 rings (SSSR count). The van der Waals surface area contributed by atoms with E-state index >= 15 is 0 Å². The van der Waals surface area contributed by atoms with Gasteiger partial charge in [-0.15, -0.1) is 0 Å². The molecular formula is C29H32ClN5O5S. The third kappa shape index (κ3) is 4.89. The van der Waals surface area contributed by atoms with Gasteiger partial charge in [-0.25, -0.2) is 17.7 Å². The second-order valence-corrected chi connectivity index (χ2v) is 13.2. The minimum absolute atomic E-state index is 0.00172. The third-order valence-electron chi connectivity index (χ3n) is 8.22. The van der Waals surface area contributed by atoms with Crippen LogP contribution in [0.2, 0.25) is 5.02 Å². The van der Waals surface area contributed by atoms with Crippen molar-refractivity contribution in [2.24, 2.45) is 0 Å². The van der Waals surface area contributed by atoms with E-state index in [-0.39, 0.29) is 18.0 Å². The van der Waals surface area contributed by atoms with E-state index in [9.17, 15) is 13.2 Å². The number of methoxy groups -OCH3 is 1. The Hall–Kier alpha value is -3.41. The molecule has 0 aliphatic carbocycles. The van der Waals surface area contributed by atoms with Gasteiger partial charge >= 0.3 is 0 Å². The van der Waals surface area contributed by atoms with Gasteiger partial charge in [0.1, 0.15) is 17.3 Å². The second-order valence-electron chi connectivity index (χ2n) is 10.8. The average Bonchev–Trinajstić information content (AvgIpc) is 3.61. The maximum atomic E-state index is 13.3. The molecule has 0 N–H and O–H groups in total. The highest BCUT2D eigenvalue weighted by atomic mass is 35.5. The molecule has 0 unspecified atom stereocenters. The van der Waals surface area contributed by atoms with Crippen LogP contribution in [-0.4, -0.2) is 59.8 Å². The molecule has 0 saturated carbocycles. The number of imidazole rings is 1. The summed E-state index contributed by atoms with van der Waals surface area (Å²) in [6.45, 7) is 4.67. The maximum absolute atomic E-state index is 13.3. The predicted molar refractivity (Wildman–Crippen MR) is 157 cm³/mol. The number of benzene rings is 2. The fourth-order valence-corrected chi connectivity index (χ4v) is 7.40. The standard InChI is InChI=1S/C29H32ClN5O5S/c1-17-28(18(2)40-32-17)19-5-7-24-23(15-19)31-29(35(24)20-11-13-33(14-12-20)41(4,37)38)25-8-10-27(36)34(25)21-6-9-26(39-3)22(30)16-21/h5-7,9,15-16,20,25H,8,10-14H2,1-4H3/t25-/m0/s1. The molecule has 2 fully saturated rings. The van der Waals surface area contributed by atoms with Crippen LogP contribution in [0.3, 0.4) is 0 Å². The van der Waals surface area contributed by atoms with Gasteiger partial charge < -0.3 is 18.7 Å². The molecule has 1 amide bonds. The summed E-state index contributed by atoms with van der Waals surface area (Å²) in [6.07, 6.45) is 3.53. The summed E-state index contributed by atoms with van der Waals surface area (Å²) >= 11 is 6.46. The van der Waals surface area contributed by atoms with Crippen LogP contribution in [-0.2, 0) is 14.8 Å². The Kier molecular flexibility index (Phi) is 7.07. The summed E-state index contributed by atoms with van der Waals surface area (Å²) in [7, 11) is -1.71. The summed E-state index contributed by atoms with van der Waals surface area (Å²) in [6, 6.07) is 11.2. The Bertz CT molecular complexity index is 1740. The molecule has 2 aliphatic rings. The van der Waals surface area contributed by atoms with Gasteiger partial charge in [0.25, 0.3) is 0 Å². The zero-order chi connectivity index (χ0) is 29.1. The van der Waals surface area contributed by atoms with Gasteiger partial charge in [0.15, 0.2) is 0 Å². The SMILES string of the molecule is COc1ccc(N2C(=O)CC[C@H]2c2nc3cc(-c4c(C)noc4C)ccc3n2C2CCN(S(C)(=O)=O)CC2)cc1Cl. The second kappa shape index (κ2) is 10.5. The van der Waals surface area contributed by atoms with Gasteiger partial charge in [-0.2, -0.15) is 0 Å². The van der Waals surface area contributed by atoms with Gasteiger partial charge in [0.05, 0.1) is 41.2 Å². The van der Waals surface area contributed by atoms with Gasteiger partial charge in [-0.3, -0.25) is 4.79 Å². The lowest BCUT2D eigenvalue weighted by atomic mass is 10.0. The van der Waals surface area contributed by atoms with E-state index < -0.39 is 10.0 Å². The normalized spacial score (nSPS) is 19.0. The highest BCUT2D eigenvalue weighted by molar-refractivity contribution is 7.88. The fourth-order valence-electron chi connectivity index (χ4n) is 6.28. The Morgan fingerprint density at radius 1 is 1.07 bits per heavy atom. The van der Waals surface area contributed by atoms with Crippen LogP contribution in [0.1, 0.15) is 55.0 Å². The lowest BCUT2D eigenvalue weighted by Gasteiger charge is -2.34. The Morgan fingerprint density at radius 2 is 1.83 bits per heavy atom. The molecule has 0 spiro atoms. The van der Waals surface area contributed by atoms with Gasteiger partial charge in [0.2, 0.25) is 15.9 Å². The number of amides is 1. The summed E-state index contributed by atoms with van der Waals surface area (Å²) in [4.78, 5) is 20.2. The molecule has 10 nitrogen and oxygen atoms in total. The maximum Gasteiger partial charge on any atom is 0.227 e. The molecule has 12 heteroatoms. The fraction of sp³-hybridized carbons (Fsp3) is 0.414. The average molecular weight is 598 g/mol. The number of rotatable bonds is 6. The van der Waals surface area contributed by atoms with E-state index in [0.717, 1.165) is 39.4 Å². The lowest BCUT2D eigenvalue weighted by molar-refractivity contribution is -0.117. The monoisotopic (exact) mass is 597 g/mol. The van der Waals surface area contributed by atoms with Crippen molar-refractivity contribution in [3.8, 4) is 16.9 Å². The van der Waals surface area contributed by atoms with E-state index in [1.807, 2.05) is 32.0 Å². The van der Waals surface area contributed by atoms with E-state index in [2.05, 4.69) is 15.8 Å². The first-order valence-corrected chi connectivity index (χ1v) is 15.8. The van der Waals surface area contributed by atoms with Crippen molar-refractivity contribution >= 4 is 44.3 Å². The van der Waals surface area contributed by atoms with Gasteiger partial charge in [-0.1, -0.05) is 22.8 Å². The largest absolute Gasteiger partial charge is 0.495 e. The van der Waals surface area contributed by atoms with Crippen LogP contribution in [0, 0.1) is 13.8 Å². The molecule has 0 bridgehead atoms. The molecule has 1 atom stereocenters. The van der Waals surface area contributed by atoms with Crippen LogP contribution in [0.5, 0.6) is 5.75 Å². The topological polar surface area (TPSA) is 111 Å². The molecule has 2 aromatic carbocycles. The predicted octanol–water partition coefficient (Wildman–Crippen LogP) is 5.43. The molecule has 2 aromatic heterocycles. The lowest BCUT2D eigenvalue weighted by Crippen LogP contribution is -2.39. The number of ether oxygens (including phenoxy) is 1. The molecule has 216 valence electrons. The number of piperidine rings is 1. The van der Waals surface area contributed by atoms with Crippen LogP contribution >= 0.6 is 11.6 Å². The number of sulfonamides is 1. The van der Waals surface area contributed by atoms with Crippen LogP contribution in [0.4, 0.5) is 5.69 Å². The molecule has 4 aromatic rings. The summed E-state index contributed by atoms with van der Waals surface area (Å²) in [5, 5.41) is 4.54. The van der Waals surface area contributed by atoms with E-state index in [1.54, 1.807) is 24.1 Å². The first-order valence-electron chi connectivity index (χ1n) is 13.6. The van der Waals surface area contributed by atoms with Crippen molar-refractivity contribution in [2.45, 2.75) is 51.6 Å². The summed E-state index contributed by atoms with van der Waals surface area (Å²) < 4.78 is 38.9. The smallest absolute Gasteiger partial charge is 0.227 e. The molecule has 0 radical (unpaired) electrons. The minimum atomic E-state index is -3.27. The summed E-state index contributed by atoms with van der Waals surface area (Å²) in [5.74, 6) is 2.05. The number of nitrogens with zero attached hydrogens (tertiary/aromatic N) is 5. The number of anilines is 1. The number of carbonyl (C=O) groups excluding carboxylic acids is 1. The number of hydrogen-bond donors (Lipinski definition) is 0. The highest BCUT2D eigenvalue weighted by Crippen LogP contribution is 2.42. The number of halogens is 1.